The number of aromatic nitrogens is 1. The fourth-order valence-corrected chi connectivity index (χ4v) is 1.39. The van der Waals surface area contributed by atoms with E-state index in [1.54, 1.807) is 12.4 Å². The van der Waals surface area contributed by atoms with Crippen LogP contribution in [0.1, 0.15) is 5.56 Å². The Morgan fingerprint density at radius 1 is 0.867 bits per heavy atom. The van der Waals surface area contributed by atoms with Gasteiger partial charge in [0.25, 0.3) is 0 Å². The number of pyridine rings is 1. The van der Waals surface area contributed by atoms with Crippen LogP contribution in [0.5, 0.6) is 0 Å². The molecule has 0 saturated heterocycles. The fourth-order valence-electron chi connectivity index (χ4n) is 1.39. The van der Waals surface area contributed by atoms with Gasteiger partial charge in [0.1, 0.15) is 0 Å². The average Bonchev–Trinajstić information content (AvgIpc) is 2.32. The van der Waals surface area contributed by atoms with Gasteiger partial charge in [-0.1, -0.05) is 24.0 Å². The molecule has 0 N–H and O–H groups in total. The van der Waals surface area contributed by atoms with Crippen molar-refractivity contribution in [2.45, 2.75) is 0 Å². The lowest BCUT2D eigenvalue weighted by atomic mass is 10.1. The molecular formula is C14H10N. The van der Waals surface area contributed by atoms with Crippen molar-refractivity contribution in [3.8, 4) is 23.0 Å². The molecule has 1 heterocycles. The van der Waals surface area contributed by atoms with Gasteiger partial charge in [0.2, 0.25) is 0 Å². The van der Waals surface area contributed by atoms with Crippen LogP contribution in [-0.4, -0.2) is 4.98 Å². The van der Waals surface area contributed by atoms with Crippen molar-refractivity contribution in [3.63, 3.8) is 0 Å². The summed E-state index contributed by atoms with van der Waals surface area (Å²) in [6.45, 7) is 3.49. The summed E-state index contributed by atoms with van der Waals surface area (Å²) < 4.78 is 0. The van der Waals surface area contributed by atoms with Crippen LogP contribution in [0.25, 0.3) is 11.1 Å². The Bertz CT molecular complexity index is 486. The van der Waals surface area contributed by atoms with Gasteiger partial charge in [-0.05, 0) is 35.4 Å². The van der Waals surface area contributed by atoms with Crippen molar-refractivity contribution >= 4 is 0 Å². The van der Waals surface area contributed by atoms with E-state index in [0.717, 1.165) is 5.56 Å². The monoisotopic (exact) mass is 192 g/mol. The van der Waals surface area contributed by atoms with Gasteiger partial charge >= 0.3 is 0 Å². The highest BCUT2D eigenvalue weighted by Crippen LogP contribution is 2.18. The standard InChI is InChI=1S/C14H10N/c1-2-3-12-4-6-13(7-5-12)14-8-10-15-11-9-14/h4-11H,1H2. The van der Waals surface area contributed by atoms with Crippen LogP contribution < -0.4 is 0 Å². The SMILES string of the molecule is [CH2]C#Cc1ccc(-c2ccncc2)cc1. The molecule has 1 aromatic carbocycles. The Hall–Kier alpha value is -2.07. The Labute approximate surface area is 89.8 Å². The van der Waals surface area contributed by atoms with Gasteiger partial charge in [-0.2, -0.15) is 0 Å². The van der Waals surface area contributed by atoms with Gasteiger partial charge in [0, 0.05) is 24.9 Å². The summed E-state index contributed by atoms with van der Waals surface area (Å²) >= 11 is 0. The molecule has 2 aromatic rings. The van der Waals surface area contributed by atoms with Crippen LogP contribution in [0.4, 0.5) is 0 Å². The second-order valence-electron chi connectivity index (χ2n) is 3.12. The predicted octanol–water partition coefficient (Wildman–Crippen LogP) is 2.93. The van der Waals surface area contributed by atoms with Gasteiger partial charge in [-0.25, -0.2) is 0 Å². The molecule has 0 unspecified atom stereocenters. The van der Waals surface area contributed by atoms with Crippen LogP contribution in [0.2, 0.25) is 0 Å². The van der Waals surface area contributed by atoms with Crippen LogP contribution >= 0.6 is 0 Å². The normalized spacial score (nSPS) is 9.13. The zero-order chi connectivity index (χ0) is 10.5. The number of hydrogen-bond donors (Lipinski definition) is 0. The second kappa shape index (κ2) is 4.43. The van der Waals surface area contributed by atoms with E-state index in [0.29, 0.717) is 0 Å². The Morgan fingerprint density at radius 2 is 1.47 bits per heavy atom. The summed E-state index contributed by atoms with van der Waals surface area (Å²) in [5, 5.41) is 0. The molecule has 0 aliphatic carbocycles. The highest BCUT2D eigenvalue weighted by atomic mass is 14.6. The first kappa shape index (κ1) is 9.48. The van der Waals surface area contributed by atoms with E-state index >= 15 is 0 Å². The lowest BCUT2D eigenvalue weighted by Crippen LogP contribution is -1.79. The zero-order valence-electron chi connectivity index (χ0n) is 8.27. The summed E-state index contributed by atoms with van der Waals surface area (Å²) in [4.78, 5) is 3.99. The molecule has 1 heteroatoms. The van der Waals surface area contributed by atoms with E-state index in [-0.39, 0.29) is 0 Å². The summed E-state index contributed by atoms with van der Waals surface area (Å²) in [6.07, 6.45) is 3.58. The first-order valence-corrected chi connectivity index (χ1v) is 4.69. The van der Waals surface area contributed by atoms with E-state index in [2.05, 4.69) is 35.9 Å². The number of hydrogen-bond acceptors (Lipinski definition) is 1. The predicted molar refractivity (Wildman–Crippen MR) is 61.9 cm³/mol. The minimum absolute atomic E-state index is 0.989. The number of benzene rings is 1. The third-order valence-corrected chi connectivity index (χ3v) is 2.13. The molecule has 1 aromatic heterocycles. The van der Waals surface area contributed by atoms with Crippen LogP contribution in [0, 0.1) is 18.8 Å². The van der Waals surface area contributed by atoms with E-state index in [9.17, 15) is 0 Å². The van der Waals surface area contributed by atoms with Gasteiger partial charge in [0.15, 0.2) is 0 Å². The summed E-state index contributed by atoms with van der Waals surface area (Å²) in [5.74, 6) is 5.55. The highest BCUT2D eigenvalue weighted by molar-refractivity contribution is 5.63. The molecule has 0 atom stereocenters. The third kappa shape index (κ3) is 2.24. The second-order valence-corrected chi connectivity index (χ2v) is 3.12. The van der Waals surface area contributed by atoms with Gasteiger partial charge in [0.05, 0.1) is 0 Å². The van der Waals surface area contributed by atoms with E-state index in [1.165, 1.54) is 11.1 Å². The van der Waals surface area contributed by atoms with Gasteiger partial charge in [-0.15, -0.1) is 0 Å². The first-order valence-electron chi connectivity index (χ1n) is 4.69. The summed E-state index contributed by atoms with van der Waals surface area (Å²) in [7, 11) is 0. The van der Waals surface area contributed by atoms with Gasteiger partial charge in [-0.3, -0.25) is 4.98 Å². The lowest BCUT2D eigenvalue weighted by Gasteiger charge is -2.00. The van der Waals surface area contributed by atoms with Crippen LogP contribution in [0.15, 0.2) is 48.8 Å². The summed E-state index contributed by atoms with van der Waals surface area (Å²) in [6, 6.07) is 12.1. The molecule has 15 heavy (non-hydrogen) atoms. The molecule has 0 amide bonds. The molecule has 71 valence electrons. The summed E-state index contributed by atoms with van der Waals surface area (Å²) in [5.41, 5.74) is 3.33. The van der Waals surface area contributed by atoms with Crippen molar-refractivity contribution in [2.75, 3.05) is 0 Å². The topological polar surface area (TPSA) is 12.9 Å². The maximum atomic E-state index is 3.99. The number of nitrogens with zero attached hydrogens (tertiary/aromatic N) is 1. The molecule has 0 spiro atoms. The van der Waals surface area contributed by atoms with Crippen molar-refractivity contribution in [3.05, 3.63) is 61.3 Å². The Morgan fingerprint density at radius 3 is 2.07 bits per heavy atom. The van der Waals surface area contributed by atoms with E-state index in [1.807, 2.05) is 24.3 Å². The van der Waals surface area contributed by atoms with Crippen molar-refractivity contribution < 1.29 is 0 Å². The third-order valence-electron chi connectivity index (χ3n) is 2.13. The van der Waals surface area contributed by atoms with Crippen LogP contribution in [0.3, 0.4) is 0 Å². The molecule has 0 bridgehead atoms. The number of rotatable bonds is 1. The minimum atomic E-state index is 0.989. The lowest BCUT2D eigenvalue weighted by molar-refractivity contribution is 1.33. The maximum Gasteiger partial charge on any atom is 0.0273 e. The Kier molecular flexibility index (Phi) is 2.80. The smallest absolute Gasteiger partial charge is 0.0273 e. The molecule has 1 nitrogen and oxygen atoms in total. The van der Waals surface area contributed by atoms with Gasteiger partial charge < -0.3 is 0 Å². The molecule has 0 aliphatic heterocycles. The quantitative estimate of drug-likeness (QED) is 0.633. The fraction of sp³-hybridized carbons (Fsp3) is 0. The molecule has 2 rings (SSSR count). The molecule has 0 aliphatic rings. The maximum absolute atomic E-state index is 3.99. The van der Waals surface area contributed by atoms with E-state index in [4.69, 9.17) is 0 Å². The van der Waals surface area contributed by atoms with Crippen LogP contribution in [-0.2, 0) is 0 Å². The largest absolute Gasteiger partial charge is 0.265 e. The average molecular weight is 192 g/mol. The molecule has 0 saturated carbocycles. The molecule has 1 radical (unpaired) electrons. The van der Waals surface area contributed by atoms with E-state index < -0.39 is 0 Å². The minimum Gasteiger partial charge on any atom is -0.265 e. The van der Waals surface area contributed by atoms with Crippen molar-refractivity contribution in [2.24, 2.45) is 0 Å². The van der Waals surface area contributed by atoms with Crippen molar-refractivity contribution in [1.29, 1.82) is 0 Å². The zero-order valence-corrected chi connectivity index (χ0v) is 8.27. The first-order chi connectivity index (χ1) is 7.40. The molecular weight excluding hydrogens is 182 g/mol. The van der Waals surface area contributed by atoms with Crippen molar-refractivity contribution in [1.82, 2.24) is 4.98 Å². The highest BCUT2D eigenvalue weighted by Gasteiger charge is 1.95. The molecule has 0 fully saturated rings. The Balaban J connectivity index is 2.35.